The number of aromatic amines is 1. The molecule has 1 unspecified atom stereocenters. The van der Waals surface area contributed by atoms with Gasteiger partial charge in [-0.25, -0.2) is 4.79 Å². The van der Waals surface area contributed by atoms with Gasteiger partial charge in [0, 0.05) is 42.3 Å². The Kier molecular flexibility index (Phi) is 11.6. The van der Waals surface area contributed by atoms with E-state index in [1.54, 1.807) is 12.1 Å². The highest BCUT2D eigenvalue weighted by Crippen LogP contribution is 2.36. The van der Waals surface area contributed by atoms with E-state index in [-0.39, 0.29) is 35.3 Å². The number of aromatic hydroxyl groups is 1. The number of ether oxygens (including phenoxy) is 1. The van der Waals surface area contributed by atoms with Crippen LogP contribution in [-0.4, -0.2) is 76.9 Å². The number of benzene rings is 3. The molecular formula is C40H49N4O6+. The van der Waals surface area contributed by atoms with Crippen molar-refractivity contribution in [1.82, 2.24) is 15.6 Å². The quantitative estimate of drug-likeness (QED) is 0.0575. The second-order valence-electron chi connectivity index (χ2n) is 14.0. The number of carbonyl (C=O) groups is 2. The molecule has 3 aromatic carbocycles. The molecule has 4 aromatic rings. The zero-order valence-corrected chi connectivity index (χ0v) is 28.6. The maximum atomic E-state index is 13.3. The van der Waals surface area contributed by atoms with Crippen molar-refractivity contribution in [3.63, 3.8) is 0 Å². The number of unbranched alkanes of at least 4 members (excludes halogenated alkanes) is 3. The van der Waals surface area contributed by atoms with Gasteiger partial charge in [-0.05, 0) is 42.6 Å². The SMILES string of the molecule is O=C(NC(CCCCCCNC[C@H](O)c1ccc(O)c2[nH]c(=O)ccc12)c1ccccc1)O[C@H]1C[N+]2(CC(=O)c3ccccc3)CCC1CC2. The van der Waals surface area contributed by atoms with Crippen LogP contribution in [0.3, 0.4) is 0 Å². The van der Waals surface area contributed by atoms with Gasteiger partial charge in [0.25, 0.3) is 0 Å². The number of aliphatic hydroxyl groups is 1. The number of hydrogen-bond donors (Lipinski definition) is 5. The Morgan fingerprint density at radius 1 is 0.900 bits per heavy atom. The lowest BCUT2D eigenvalue weighted by Gasteiger charge is -2.51. The van der Waals surface area contributed by atoms with E-state index in [1.165, 1.54) is 12.1 Å². The first-order valence-corrected chi connectivity index (χ1v) is 18.0. The van der Waals surface area contributed by atoms with Gasteiger partial charge in [0.2, 0.25) is 11.3 Å². The lowest BCUT2D eigenvalue weighted by Crippen LogP contribution is -2.66. The van der Waals surface area contributed by atoms with Crippen molar-refractivity contribution in [2.75, 3.05) is 39.3 Å². The van der Waals surface area contributed by atoms with Gasteiger partial charge >= 0.3 is 6.09 Å². The van der Waals surface area contributed by atoms with Crippen LogP contribution in [-0.2, 0) is 4.74 Å². The Bertz CT molecular complexity index is 1790. The van der Waals surface area contributed by atoms with E-state index in [0.717, 1.165) is 75.7 Å². The number of rotatable bonds is 16. The molecule has 1 aromatic heterocycles. The molecule has 1 amide bonds. The third-order valence-electron chi connectivity index (χ3n) is 10.6. The number of nitrogens with zero attached hydrogens (tertiary/aromatic N) is 1. The van der Waals surface area contributed by atoms with Crippen molar-refractivity contribution in [3.05, 3.63) is 112 Å². The molecule has 3 aliphatic heterocycles. The van der Waals surface area contributed by atoms with Crippen molar-refractivity contribution in [2.24, 2.45) is 5.92 Å². The number of nitrogens with one attached hydrogen (secondary N) is 3. The van der Waals surface area contributed by atoms with Crippen LogP contribution in [0.4, 0.5) is 4.79 Å². The summed E-state index contributed by atoms with van der Waals surface area (Å²) in [5.74, 6) is 0.456. The van der Waals surface area contributed by atoms with E-state index in [4.69, 9.17) is 4.74 Å². The molecule has 0 radical (unpaired) electrons. The highest BCUT2D eigenvalue weighted by molar-refractivity contribution is 5.97. The number of alkyl carbamates (subject to hydrolysis) is 1. The zero-order chi connectivity index (χ0) is 34.9. The van der Waals surface area contributed by atoms with Crippen LogP contribution in [0.15, 0.2) is 89.7 Å². The van der Waals surface area contributed by atoms with Crippen LogP contribution in [0.25, 0.3) is 10.9 Å². The molecule has 0 spiro atoms. The van der Waals surface area contributed by atoms with Gasteiger partial charge < -0.3 is 35.1 Å². The number of phenolic OH excluding ortho intramolecular Hbond substituents is 1. The van der Waals surface area contributed by atoms with Gasteiger partial charge in [-0.3, -0.25) is 9.59 Å². The van der Waals surface area contributed by atoms with Crippen LogP contribution in [0, 0.1) is 5.92 Å². The maximum Gasteiger partial charge on any atom is 0.408 e. The summed E-state index contributed by atoms with van der Waals surface area (Å²) in [7, 11) is 0. The second-order valence-corrected chi connectivity index (χ2v) is 14.0. The number of quaternary nitrogens is 1. The molecule has 10 heteroatoms. The van der Waals surface area contributed by atoms with Gasteiger partial charge in [-0.1, -0.05) is 86.0 Å². The fourth-order valence-electron chi connectivity index (χ4n) is 7.77. The third-order valence-corrected chi connectivity index (χ3v) is 10.6. The Labute approximate surface area is 293 Å². The number of Topliss-reactive ketones (excluding diaryl/α,β-unsaturated/α-hetero) is 1. The summed E-state index contributed by atoms with van der Waals surface area (Å²) in [5.41, 5.74) is 2.45. The Balaban J connectivity index is 0.940. The highest BCUT2D eigenvalue weighted by atomic mass is 16.6. The smallest absolute Gasteiger partial charge is 0.408 e. The summed E-state index contributed by atoms with van der Waals surface area (Å²) < 4.78 is 6.80. The number of pyridine rings is 1. The summed E-state index contributed by atoms with van der Waals surface area (Å²) in [6, 6.07) is 25.5. The maximum absolute atomic E-state index is 13.3. The Hall–Kier alpha value is -4.51. The molecule has 3 fully saturated rings. The molecule has 7 rings (SSSR count). The number of phenols is 1. The van der Waals surface area contributed by atoms with Gasteiger partial charge in [0.1, 0.15) is 18.8 Å². The van der Waals surface area contributed by atoms with Gasteiger partial charge in [-0.15, -0.1) is 0 Å². The van der Waals surface area contributed by atoms with Crippen molar-refractivity contribution in [3.8, 4) is 5.75 Å². The number of carbonyl (C=O) groups excluding carboxylic acids is 2. The fraction of sp³-hybridized carbons (Fsp3) is 0.425. The number of fused-ring (bicyclic) bond motifs is 4. The number of amides is 1. The molecule has 0 aliphatic carbocycles. The van der Waals surface area contributed by atoms with Crippen molar-refractivity contribution in [2.45, 2.75) is 63.2 Å². The monoisotopic (exact) mass is 681 g/mol. The third kappa shape index (κ3) is 8.79. The van der Waals surface area contributed by atoms with Crippen molar-refractivity contribution in [1.29, 1.82) is 0 Å². The predicted molar refractivity (Wildman–Crippen MR) is 193 cm³/mol. The molecule has 264 valence electrons. The largest absolute Gasteiger partial charge is 0.506 e. The highest BCUT2D eigenvalue weighted by Gasteiger charge is 2.48. The first-order chi connectivity index (χ1) is 24.3. The van der Waals surface area contributed by atoms with Gasteiger partial charge in [-0.2, -0.15) is 0 Å². The predicted octanol–water partition coefficient (Wildman–Crippen LogP) is 5.77. The molecule has 4 heterocycles. The van der Waals surface area contributed by atoms with Crippen LogP contribution in [0.1, 0.15) is 78.6 Å². The number of aliphatic hydroxyl groups excluding tert-OH is 1. The summed E-state index contributed by atoms with van der Waals surface area (Å²) in [4.78, 5) is 40.7. The number of hydrogen-bond acceptors (Lipinski definition) is 7. The Morgan fingerprint density at radius 3 is 2.38 bits per heavy atom. The average molecular weight is 682 g/mol. The van der Waals surface area contributed by atoms with Crippen LogP contribution >= 0.6 is 0 Å². The van der Waals surface area contributed by atoms with Crippen molar-refractivity contribution < 1.29 is 29.0 Å². The molecule has 5 N–H and O–H groups in total. The average Bonchev–Trinajstić information content (AvgIpc) is 3.13. The number of aromatic nitrogens is 1. The van der Waals surface area contributed by atoms with Crippen molar-refractivity contribution >= 4 is 22.8 Å². The summed E-state index contributed by atoms with van der Waals surface area (Å²) in [6.07, 6.45) is 5.24. The second kappa shape index (κ2) is 16.5. The first kappa shape index (κ1) is 35.3. The number of H-pyrrole nitrogens is 1. The van der Waals surface area contributed by atoms with Gasteiger partial charge in [0.05, 0.1) is 30.8 Å². The number of ketones is 1. The molecular weight excluding hydrogens is 632 g/mol. The van der Waals surface area contributed by atoms with E-state index in [2.05, 4.69) is 15.6 Å². The lowest BCUT2D eigenvalue weighted by molar-refractivity contribution is -0.938. The summed E-state index contributed by atoms with van der Waals surface area (Å²) in [6.45, 7) is 4.13. The molecule has 2 bridgehead atoms. The van der Waals surface area contributed by atoms with Crippen LogP contribution < -0.4 is 16.2 Å². The minimum Gasteiger partial charge on any atom is -0.506 e. The Morgan fingerprint density at radius 2 is 1.62 bits per heavy atom. The van der Waals surface area contributed by atoms with E-state index in [1.807, 2.05) is 60.7 Å². The van der Waals surface area contributed by atoms with E-state index >= 15 is 0 Å². The topological polar surface area (TPSA) is 141 Å². The lowest BCUT2D eigenvalue weighted by atomic mass is 9.83. The summed E-state index contributed by atoms with van der Waals surface area (Å²) in [5, 5.41) is 28.0. The molecule has 3 saturated heterocycles. The first-order valence-electron chi connectivity index (χ1n) is 18.0. The van der Waals surface area contributed by atoms with E-state index < -0.39 is 6.10 Å². The molecule has 10 nitrogen and oxygen atoms in total. The number of piperidine rings is 3. The van der Waals surface area contributed by atoms with E-state index in [0.29, 0.717) is 46.5 Å². The molecule has 3 aliphatic rings. The summed E-state index contributed by atoms with van der Waals surface area (Å²) >= 11 is 0. The normalized spacial score (nSPS) is 21.1. The molecule has 0 saturated carbocycles. The minimum atomic E-state index is -0.786. The minimum absolute atomic E-state index is 0.0274. The van der Waals surface area contributed by atoms with Gasteiger partial charge in [0.15, 0.2) is 6.10 Å². The molecule has 50 heavy (non-hydrogen) atoms. The zero-order valence-electron chi connectivity index (χ0n) is 28.6. The standard InChI is InChI=1S/C40H48N4O6/c45-34-18-16-31(32-17-19-38(48)43-39(32)34)35(46)25-41-22-10-2-1-9-15-33(28-11-5-3-6-12-28)42-40(49)50-37-27-44(23-20-30(37)21-24-44)26-36(47)29-13-7-4-8-14-29/h3-8,11-14,16-19,30,33,35,37,41,46H,1-2,9-10,15,20-27H2,(H2-,42,43,45,48,49)/p+1/t30?,33?,35-,37-,44?/m0/s1. The van der Waals surface area contributed by atoms with E-state index in [9.17, 15) is 24.6 Å². The van der Waals surface area contributed by atoms with Crippen LogP contribution in [0.5, 0.6) is 5.75 Å². The molecule has 3 atom stereocenters. The fourth-order valence-corrected chi connectivity index (χ4v) is 7.77. The van der Waals surface area contributed by atoms with Crippen LogP contribution in [0.2, 0.25) is 0 Å².